The third-order valence-corrected chi connectivity index (χ3v) is 4.98. The van der Waals surface area contributed by atoms with Crippen LogP contribution in [0, 0.1) is 0 Å². The van der Waals surface area contributed by atoms with Crippen molar-refractivity contribution in [3.8, 4) is 0 Å². The summed E-state index contributed by atoms with van der Waals surface area (Å²) in [5, 5.41) is 3.08. The van der Waals surface area contributed by atoms with E-state index in [4.69, 9.17) is 0 Å². The molecule has 1 N–H and O–H groups in total. The molecular weight excluding hydrogens is 334 g/mol. The van der Waals surface area contributed by atoms with Gasteiger partial charge in [-0.15, -0.1) is 0 Å². The fourth-order valence-corrected chi connectivity index (χ4v) is 3.29. The molecule has 0 radical (unpaired) electrons. The average molecular weight is 370 g/mol. The van der Waals surface area contributed by atoms with Crippen molar-refractivity contribution in [2.24, 2.45) is 4.99 Å². The number of hydrogen-bond donors (Lipinski definition) is 1. The minimum Gasteiger partial charge on any atom is -0.358 e. The van der Waals surface area contributed by atoms with Crippen molar-refractivity contribution in [1.82, 2.24) is 10.2 Å². The van der Waals surface area contributed by atoms with E-state index in [9.17, 15) is 4.79 Å². The van der Waals surface area contributed by atoms with Crippen LogP contribution in [0.15, 0.2) is 35.5 Å². The van der Waals surface area contributed by atoms with Gasteiger partial charge in [-0.2, -0.15) is 0 Å². The summed E-state index contributed by atoms with van der Waals surface area (Å²) in [6.45, 7) is 6.89. The fraction of sp³-hybridized carbons (Fsp3) is 0.565. The first-order chi connectivity index (χ1) is 13.2. The molecule has 148 valence electrons. The van der Waals surface area contributed by atoms with Crippen LogP contribution in [-0.2, 0) is 12.8 Å². The summed E-state index contributed by atoms with van der Waals surface area (Å²) in [7, 11) is 0. The van der Waals surface area contributed by atoms with Crippen molar-refractivity contribution in [2.45, 2.75) is 65.2 Å². The quantitative estimate of drug-likeness (QED) is 0.541. The van der Waals surface area contributed by atoms with E-state index in [0.717, 1.165) is 51.0 Å². The number of aliphatic imine (C=N–C) groups is 1. The summed E-state index contributed by atoms with van der Waals surface area (Å²) in [6, 6.07) is 6.28. The molecule has 4 nitrogen and oxygen atoms in total. The number of nitrogens with zero attached hydrogens (tertiary/aromatic N) is 2. The van der Waals surface area contributed by atoms with Gasteiger partial charge in [0.1, 0.15) is 6.67 Å². The third kappa shape index (κ3) is 7.58. The van der Waals surface area contributed by atoms with E-state index in [1.54, 1.807) is 0 Å². The standard InChI is InChI=1S/C23H35N3O/c1-3-5-10-20-12-13-22(18-21(20)11-6-4-2)23(27)25-15-7-8-16-26-17-9-14-24-19-26/h9,12-14,17-18H,3-8,10-11,15-16,19H2,1-2H3,(H,25,27). The molecule has 0 fully saturated rings. The van der Waals surface area contributed by atoms with Gasteiger partial charge in [0.15, 0.2) is 0 Å². The number of benzene rings is 1. The van der Waals surface area contributed by atoms with Crippen molar-refractivity contribution >= 4 is 12.1 Å². The first-order valence-corrected chi connectivity index (χ1v) is 10.5. The Morgan fingerprint density at radius 2 is 1.85 bits per heavy atom. The van der Waals surface area contributed by atoms with Crippen molar-refractivity contribution in [3.63, 3.8) is 0 Å². The molecule has 0 unspecified atom stereocenters. The van der Waals surface area contributed by atoms with Gasteiger partial charge in [-0.3, -0.25) is 9.79 Å². The number of amides is 1. The first kappa shape index (κ1) is 21.2. The molecule has 4 heteroatoms. The van der Waals surface area contributed by atoms with Gasteiger partial charge in [0.25, 0.3) is 5.91 Å². The summed E-state index contributed by atoms with van der Waals surface area (Å²) >= 11 is 0. The van der Waals surface area contributed by atoms with Crippen LogP contribution < -0.4 is 5.32 Å². The van der Waals surface area contributed by atoms with Crippen LogP contribution in [0.5, 0.6) is 0 Å². The van der Waals surface area contributed by atoms with Gasteiger partial charge in [0.05, 0.1) is 0 Å². The van der Waals surface area contributed by atoms with Crippen LogP contribution >= 0.6 is 0 Å². The monoisotopic (exact) mass is 369 g/mol. The number of rotatable bonds is 12. The van der Waals surface area contributed by atoms with Crippen molar-refractivity contribution in [3.05, 3.63) is 47.2 Å². The molecule has 0 bridgehead atoms. The number of nitrogens with one attached hydrogen (secondary N) is 1. The first-order valence-electron chi connectivity index (χ1n) is 10.5. The van der Waals surface area contributed by atoms with Crippen molar-refractivity contribution in [2.75, 3.05) is 19.8 Å². The number of unbranched alkanes of at least 4 members (excludes halogenated alkanes) is 3. The maximum atomic E-state index is 12.5. The third-order valence-electron chi connectivity index (χ3n) is 4.98. The summed E-state index contributed by atoms with van der Waals surface area (Å²) in [4.78, 5) is 18.9. The summed E-state index contributed by atoms with van der Waals surface area (Å²) < 4.78 is 0. The van der Waals surface area contributed by atoms with Gasteiger partial charge in [-0.05, 0) is 67.9 Å². The number of carbonyl (C=O) groups is 1. The molecule has 0 atom stereocenters. The zero-order chi connectivity index (χ0) is 19.3. The minimum atomic E-state index is 0.0530. The molecule has 0 saturated heterocycles. The number of allylic oxidation sites excluding steroid dienone is 1. The highest BCUT2D eigenvalue weighted by atomic mass is 16.1. The molecule has 1 heterocycles. The Morgan fingerprint density at radius 1 is 1.07 bits per heavy atom. The Morgan fingerprint density at radius 3 is 2.56 bits per heavy atom. The largest absolute Gasteiger partial charge is 0.358 e. The van der Waals surface area contributed by atoms with Crippen LogP contribution in [0.4, 0.5) is 0 Å². The Kier molecular flexibility index (Phi) is 9.67. The van der Waals surface area contributed by atoms with Gasteiger partial charge in [-0.25, -0.2) is 0 Å². The molecule has 1 aliphatic heterocycles. The van der Waals surface area contributed by atoms with E-state index in [0.29, 0.717) is 0 Å². The van der Waals surface area contributed by atoms with Crippen LogP contribution in [0.25, 0.3) is 0 Å². The van der Waals surface area contributed by atoms with E-state index < -0.39 is 0 Å². The molecule has 0 aromatic heterocycles. The predicted octanol–water partition coefficient (Wildman–Crippen LogP) is 4.74. The smallest absolute Gasteiger partial charge is 0.251 e. The van der Waals surface area contributed by atoms with Crippen LogP contribution in [0.1, 0.15) is 73.9 Å². The lowest BCUT2D eigenvalue weighted by Gasteiger charge is -2.19. The fourth-order valence-electron chi connectivity index (χ4n) is 3.29. The van der Waals surface area contributed by atoms with Crippen molar-refractivity contribution < 1.29 is 4.79 Å². The lowest BCUT2D eigenvalue weighted by Crippen LogP contribution is -2.26. The van der Waals surface area contributed by atoms with E-state index in [2.05, 4.69) is 47.4 Å². The molecule has 0 aliphatic carbocycles. The molecule has 0 saturated carbocycles. The maximum Gasteiger partial charge on any atom is 0.251 e. The Balaban J connectivity index is 1.79. The van der Waals surface area contributed by atoms with Crippen LogP contribution in [0.2, 0.25) is 0 Å². The normalized spacial score (nSPS) is 13.2. The number of carbonyl (C=O) groups excluding carboxylic acids is 1. The second-order valence-corrected chi connectivity index (χ2v) is 7.28. The van der Waals surface area contributed by atoms with E-state index >= 15 is 0 Å². The summed E-state index contributed by atoms with van der Waals surface area (Å²) in [6.07, 6.45) is 14.9. The van der Waals surface area contributed by atoms with Gasteiger partial charge < -0.3 is 10.2 Å². The molecule has 0 spiro atoms. The van der Waals surface area contributed by atoms with Gasteiger partial charge in [0, 0.05) is 31.1 Å². The van der Waals surface area contributed by atoms with Crippen LogP contribution in [0.3, 0.4) is 0 Å². The molecular formula is C23H35N3O. The van der Waals surface area contributed by atoms with E-state index in [1.165, 1.54) is 36.8 Å². The highest BCUT2D eigenvalue weighted by Crippen LogP contribution is 2.17. The van der Waals surface area contributed by atoms with E-state index in [1.807, 2.05) is 18.4 Å². The Bertz CT molecular complexity index is 637. The second kappa shape index (κ2) is 12.3. The number of aryl methyl sites for hydroxylation is 2. The zero-order valence-electron chi connectivity index (χ0n) is 17.0. The minimum absolute atomic E-state index is 0.0530. The number of hydrogen-bond acceptors (Lipinski definition) is 3. The van der Waals surface area contributed by atoms with Gasteiger partial charge >= 0.3 is 0 Å². The average Bonchev–Trinajstić information content (AvgIpc) is 2.71. The molecule has 27 heavy (non-hydrogen) atoms. The highest BCUT2D eigenvalue weighted by Gasteiger charge is 2.09. The lowest BCUT2D eigenvalue weighted by atomic mass is 9.95. The Hall–Kier alpha value is -2.10. The zero-order valence-corrected chi connectivity index (χ0v) is 17.0. The second-order valence-electron chi connectivity index (χ2n) is 7.28. The molecule has 2 rings (SSSR count). The maximum absolute atomic E-state index is 12.5. The SMILES string of the molecule is CCCCc1ccc(C(=O)NCCCCN2C=CC=NC2)cc1CCCC. The molecule has 1 aromatic rings. The topological polar surface area (TPSA) is 44.7 Å². The van der Waals surface area contributed by atoms with E-state index in [-0.39, 0.29) is 5.91 Å². The molecule has 1 aromatic carbocycles. The van der Waals surface area contributed by atoms with Gasteiger partial charge in [0.2, 0.25) is 0 Å². The molecule has 1 aliphatic rings. The molecule has 1 amide bonds. The van der Waals surface area contributed by atoms with Gasteiger partial charge in [-0.1, -0.05) is 32.8 Å². The van der Waals surface area contributed by atoms with Crippen LogP contribution in [-0.4, -0.2) is 36.8 Å². The summed E-state index contributed by atoms with van der Waals surface area (Å²) in [5.74, 6) is 0.0530. The predicted molar refractivity (Wildman–Crippen MR) is 114 cm³/mol. The van der Waals surface area contributed by atoms with Crippen molar-refractivity contribution in [1.29, 1.82) is 0 Å². The highest BCUT2D eigenvalue weighted by molar-refractivity contribution is 5.94. The Labute approximate surface area is 164 Å². The summed E-state index contributed by atoms with van der Waals surface area (Å²) in [5.41, 5.74) is 3.57. The lowest BCUT2D eigenvalue weighted by molar-refractivity contribution is 0.0952.